The highest BCUT2D eigenvalue weighted by Gasteiger charge is 2.04. The lowest BCUT2D eigenvalue weighted by atomic mass is 10.1. The Morgan fingerprint density at radius 3 is 1.19 bits per heavy atom. The molecule has 0 aliphatic carbocycles. The lowest BCUT2D eigenvalue weighted by Gasteiger charge is -2.03. The molecule has 0 saturated heterocycles. The van der Waals surface area contributed by atoms with Gasteiger partial charge in [0.05, 0.1) is 0 Å². The van der Waals surface area contributed by atoms with Gasteiger partial charge in [-0.05, 0) is 51.7 Å². The highest BCUT2D eigenvalue weighted by atomic mass is 14.9. The topological polar surface area (TPSA) is 7.76 Å². The third-order valence-corrected chi connectivity index (χ3v) is 5.58. The summed E-state index contributed by atoms with van der Waals surface area (Å²) in [7, 11) is 0. The van der Waals surface area contributed by atoms with Crippen LogP contribution in [0.3, 0.4) is 0 Å². The monoisotopic (exact) mass is 354 g/mol. The fourth-order valence-electron chi connectivity index (χ4n) is 3.39. The first-order valence-corrected chi connectivity index (χ1v) is 10.5. The van der Waals surface area contributed by atoms with Gasteiger partial charge in [0.15, 0.2) is 24.8 Å². The summed E-state index contributed by atoms with van der Waals surface area (Å²) < 4.78 is 4.68. The van der Waals surface area contributed by atoms with Crippen LogP contribution in [0.25, 0.3) is 0 Å². The smallest absolute Gasteiger partial charge is 0.171 e. The normalized spacial score (nSPS) is 11.1. The van der Waals surface area contributed by atoms with Crippen LogP contribution in [0.2, 0.25) is 0 Å². The number of hydrogen-bond acceptors (Lipinski definition) is 0. The quantitative estimate of drug-likeness (QED) is 0.381. The molecule has 0 bridgehead atoms. The van der Waals surface area contributed by atoms with E-state index in [0.29, 0.717) is 0 Å². The van der Waals surface area contributed by atoms with Crippen molar-refractivity contribution >= 4 is 0 Å². The first kappa shape index (κ1) is 20.6. The number of aromatic nitrogens is 2. The standard InChI is InChI=1S/C24H38N2/c1-21-13-17-25(19-23(21)3)15-11-9-7-5-6-8-10-12-16-26-18-14-22(2)24(4)20-26/h13-14,17-20H,5-12,15-16H2,1-4H3/q+2. The second kappa shape index (κ2) is 11.1. The molecule has 0 amide bonds. The lowest BCUT2D eigenvalue weighted by molar-refractivity contribution is -0.697. The van der Waals surface area contributed by atoms with E-state index in [2.05, 4.69) is 73.7 Å². The summed E-state index contributed by atoms with van der Waals surface area (Å²) in [5.41, 5.74) is 5.56. The van der Waals surface area contributed by atoms with Crippen molar-refractivity contribution in [1.82, 2.24) is 0 Å². The predicted molar refractivity (Wildman–Crippen MR) is 109 cm³/mol. The Kier molecular flexibility index (Phi) is 8.80. The van der Waals surface area contributed by atoms with Crippen molar-refractivity contribution in [3.05, 3.63) is 59.2 Å². The molecule has 2 heteroatoms. The van der Waals surface area contributed by atoms with E-state index in [1.807, 2.05) is 0 Å². The molecular formula is C24H38N2+2. The van der Waals surface area contributed by atoms with Crippen LogP contribution in [0.4, 0.5) is 0 Å². The van der Waals surface area contributed by atoms with E-state index < -0.39 is 0 Å². The van der Waals surface area contributed by atoms with Crippen molar-refractivity contribution in [2.75, 3.05) is 0 Å². The number of aryl methyl sites for hydroxylation is 6. The van der Waals surface area contributed by atoms with Gasteiger partial charge in [0, 0.05) is 36.1 Å². The summed E-state index contributed by atoms with van der Waals surface area (Å²) in [6.07, 6.45) is 19.9. The summed E-state index contributed by atoms with van der Waals surface area (Å²) in [4.78, 5) is 0. The zero-order valence-electron chi connectivity index (χ0n) is 17.4. The number of hydrogen-bond donors (Lipinski definition) is 0. The zero-order chi connectivity index (χ0) is 18.8. The predicted octanol–water partition coefficient (Wildman–Crippen LogP) is 5.32. The van der Waals surface area contributed by atoms with Gasteiger partial charge in [-0.25, -0.2) is 9.13 Å². The number of nitrogens with zero attached hydrogens (tertiary/aromatic N) is 2. The van der Waals surface area contributed by atoms with Crippen molar-refractivity contribution in [3.8, 4) is 0 Å². The van der Waals surface area contributed by atoms with E-state index in [9.17, 15) is 0 Å². The van der Waals surface area contributed by atoms with E-state index in [1.165, 1.54) is 73.6 Å². The molecule has 2 aromatic rings. The van der Waals surface area contributed by atoms with Crippen LogP contribution in [0.5, 0.6) is 0 Å². The Morgan fingerprint density at radius 2 is 0.846 bits per heavy atom. The fourth-order valence-corrected chi connectivity index (χ4v) is 3.39. The summed E-state index contributed by atoms with van der Waals surface area (Å²) in [5.74, 6) is 0. The first-order chi connectivity index (χ1) is 12.6. The molecule has 0 radical (unpaired) electrons. The number of unbranched alkanes of at least 4 members (excludes halogenated alkanes) is 7. The van der Waals surface area contributed by atoms with Gasteiger partial charge in [-0.15, -0.1) is 0 Å². The van der Waals surface area contributed by atoms with Crippen LogP contribution >= 0.6 is 0 Å². The highest BCUT2D eigenvalue weighted by molar-refractivity contribution is 5.17. The fraction of sp³-hybridized carbons (Fsp3) is 0.583. The maximum atomic E-state index is 2.34. The molecule has 0 atom stereocenters. The summed E-state index contributed by atoms with van der Waals surface area (Å²) in [6.45, 7) is 11.1. The van der Waals surface area contributed by atoms with Crippen LogP contribution in [0.1, 0.15) is 73.6 Å². The molecule has 26 heavy (non-hydrogen) atoms. The molecule has 0 aliphatic heterocycles. The van der Waals surface area contributed by atoms with Crippen LogP contribution < -0.4 is 9.13 Å². The summed E-state index contributed by atoms with van der Waals surface area (Å²) >= 11 is 0. The van der Waals surface area contributed by atoms with Gasteiger partial charge in [0.1, 0.15) is 13.1 Å². The highest BCUT2D eigenvalue weighted by Crippen LogP contribution is 2.09. The van der Waals surface area contributed by atoms with Gasteiger partial charge in [-0.1, -0.05) is 25.7 Å². The van der Waals surface area contributed by atoms with E-state index >= 15 is 0 Å². The van der Waals surface area contributed by atoms with Crippen LogP contribution in [-0.2, 0) is 13.1 Å². The maximum absolute atomic E-state index is 2.34. The van der Waals surface area contributed by atoms with Crippen LogP contribution in [-0.4, -0.2) is 0 Å². The van der Waals surface area contributed by atoms with Crippen LogP contribution in [0.15, 0.2) is 36.9 Å². The van der Waals surface area contributed by atoms with Crippen molar-refractivity contribution in [2.24, 2.45) is 0 Å². The molecule has 0 saturated carbocycles. The molecule has 0 N–H and O–H groups in total. The van der Waals surface area contributed by atoms with Crippen molar-refractivity contribution in [1.29, 1.82) is 0 Å². The minimum atomic E-state index is 1.16. The molecule has 2 nitrogen and oxygen atoms in total. The summed E-state index contributed by atoms with van der Waals surface area (Å²) in [6, 6.07) is 4.46. The zero-order valence-corrected chi connectivity index (χ0v) is 17.4. The minimum Gasteiger partial charge on any atom is -0.205 e. The SMILES string of the molecule is Cc1cc[n+](CCCCCCCCCC[n+]2ccc(C)c(C)c2)cc1C. The Hall–Kier alpha value is -1.70. The Morgan fingerprint density at radius 1 is 0.500 bits per heavy atom. The molecule has 0 aromatic carbocycles. The van der Waals surface area contributed by atoms with E-state index in [1.54, 1.807) is 0 Å². The van der Waals surface area contributed by atoms with Crippen LogP contribution in [0, 0.1) is 27.7 Å². The van der Waals surface area contributed by atoms with E-state index in [-0.39, 0.29) is 0 Å². The van der Waals surface area contributed by atoms with Gasteiger partial charge in [0.2, 0.25) is 0 Å². The number of pyridine rings is 2. The largest absolute Gasteiger partial charge is 0.205 e. The van der Waals surface area contributed by atoms with Crippen molar-refractivity contribution in [3.63, 3.8) is 0 Å². The Bertz CT molecular complexity index is 616. The molecule has 142 valence electrons. The molecule has 0 unspecified atom stereocenters. The second-order valence-electron chi connectivity index (χ2n) is 7.93. The van der Waals surface area contributed by atoms with Crippen molar-refractivity contribution < 1.29 is 9.13 Å². The molecule has 2 heterocycles. The maximum Gasteiger partial charge on any atom is 0.171 e. The number of rotatable bonds is 11. The molecular weight excluding hydrogens is 316 g/mol. The van der Waals surface area contributed by atoms with Gasteiger partial charge in [0.25, 0.3) is 0 Å². The lowest BCUT2D eigenvalue weighted by Crippen LogP contribution is -2.33. The molecule has 2 rings (SSSR count). The third-order valence-electron chi connectivity index (χ3n) is 5.58. The Labute approximate surface area is 160 Å². The van der Waals surface area contributed by atoms with Crippen molar-refractivity contribution in [2.45, 2.75) is 92.2 Å². The second-order valence-corrected chi connectivity index (χ2v) is 7.93. The van der Waals surface area contributed by atoms with Gasteiger partial charge < -0.3 is 0 Å². The van der Waals surface area contributed by atoms with E-state index in [0.717, 1.165) is 13.1 Å². The molecule has 0 aliphatic rings. The van der Waals surface area contributed by atoms with Gasteiger partial charge in [-0.2, -0.15) is 0 Å². The Balaban J connectivity index is 1.45. The average Bonchev–Trinajstić information content (AvgIpc) is 2.62. The first-order valence-electron chi connectivity index (χ1n) is 10.5. The third kappa shape index (κ3) is 7.27. The van der Waals surface area contributed by atoms with Gasteiger partial charge in [-0.3, -0.25) is 0 Å². The van der Waals surface area contributed by atoms with Gasteiger partial charge >= 0.3 is 0 Å². The molecule has 0 spiro atoms. The minimum absolute atomic E-state index is 1.16. The molecule has 0 fully saturated rings. The average molecular weight is 355 g/mol. The molecule has 2 aromatic heterocycles. The van der Waals surface area contributed by atoms with E-state index in [4.69, 9.17) is 0 Å². The summed E-state index contributed by atoms with van der Waals surface area (Å²) in [5, 5.41) is 0.